The van der Waals surface area contributed by atoms with Crippen LogP contribution in [0.2, 0.25) is 0 Å². The first-order valence-electron chi connectivity index (χ1n) is 6.16. The molecule has 0 aliphatic heterocycles. The summed E-state index contributed by atoms with van der Waals surface area (Å²) in [6.45, 7) is 0. The van der Waals surface area contributed by atoms with Gasteiger partial charge in [0.1, 0.15) is 0 Å². The Morgan fingerprint density at radius 2 is 1.95 bits per heavy atom. The van der Waals surface area contributed by atoms with E-state index in [1.165, 1.54) is 12.3 Å². The molecule has 2 aromatic rings. The highest BCUT2D eigenvalue weighted by molar-refractivity contribution is 7.92. The molecule has 0 fully saturated rings. The fourth-order valence-electron chi connectivity index (χ4n) is 1.77. The minimum atomic E-state index is -3.82. The van der Waals surface area contributed by atoms with Crippen LogP contribution >= 0.6 is 0 Å². The van der Waals surface area contributed by atoms with Crippen LogP contribution in [0.3, 0.4) is 0 Å². The summed E-state index contributed by atoms with van der Waals surface area (Å²) in [6, 6.07) is 10.2. The Kier molecular flexibility index (Phi) is 4.29. The van der Waals surface area contributed by atoms with E-state index in [0.29, 0.717) is 5.69 Å². The molecule has 4 N–H and O–H groups in total. The predicted molar refractivity (Wildman–Crippen MR) is 83.6 cm³/mol. The first kappa shape index (κ1) is 15.1. The van der Waals surface area contributed by atoms with Crippen molar-refractivity contribution in [1.82, 2.24) is 4.98 Å². The maximum absolute atomic E-state index is 12.4. The first-order valence-corrected chi connectivity index (χ1v) is 7.64. The summed E-state index contributed by atoms with van der Waals surface area (Å²) >= 11 is 0. The third-order valence-corrected chi connectivity index (χ3v) is 4.13. The number of sulfonamides is 1. The molecule has 8 heteroatoms. The van der Waals surface area contributed by atoms with E-state index in [4.69, 9.17) is 5.84 Å². The zero-order chi connectivity index (χ0) is 15.5. The summed E-state index contributed by atoms with van der Waals surface area (Å²) in [5, 5.41) is -0.150. The second-order valence-electron chi connectivity index (χ2n) is 4.55. The van der Waals surface area contributed by atoms with E-state index < -0.39 is 10.0 Å². The molecule has 0 saturated carbocycles. The average molecular weight is 307 g/mol. The Morgan fingerprint density at radius 3 is 2.62 bits per heavy atom. The third-order valence-electron chi connectivity index (χ3n) is 2.80. The zero-order valence-corrected chi connectivity index (χ0v) is 12.6. The lowest BCUT2D eigenvalue weighted by molar-refractivity contribution is 0.598. The van der Waals surface area contributed by atoms with E-state index in [1.807, 2.05) is 25.1 Å². The molecule has 7 nitrogen and oxygen atoms in total. The third kappa shape index (κ3) is 3.41. The smallest absolute Gasteiger partial charge is 0.281 e. The van der Waals surface area contributed by atoms with Crippen LogP contribution in [-0.4, -0.2) is 27.5 Å². The minimum absolute atomic E-state index is 0.150. The molecule has 1 heterocycles. The number of nitrogen functional groups attached to an aromatic ring is 1. The largest absolute Gasteiger partial charge is 0.378 e. The molecule has 0 unspecified atom stereocenters. The number of pyridine rings is 1. The van der Waals surface area contributed by atoms with Gasteiger partial charge in [0.15, 0.2) is 0 Å². The molecular weight excluding hydrogens is 290 g/mol. The van der Waals surface area contributed by atoms with Gasteiger partial charge >= 0.3 is 0 Å². The Balaban J connectivity index is 2.35. The number of hydrazine groups is 1. The molecule has 0 radical (unpaired) electrons. The van der Waals surface area contributed by atoms with E-state index >= 15 is 0 Å². The number of nitrogens with one attached hydrogen (secondary N) is 2. The molecule has 112 valence electrons. The second-order valence-corrected chi connectivity index (χ2v) is 6.15. The van der Waals surface area contributed by atoms with Crippen LogP contribution in [0.1, 0.15) is 0 Å². The summed E-state index contributed by atoms with van der Waals surface area (Å²) in [7, 11) is -0.0651. The average Bonchev–Trinajstić information content (AvgIpc) is 2.47. The number of hydrogen-bond acceptors (Lipinski definition) is 6. The predicted octanol–water partition coefficient (Wildman–Crippen LogP) is 1.23. The van der Waals surface area contributed by atoms with Gasteiger partial charge < -0.3 is 10.3 Å². The van der Waals surface area contributed by atoms with Crippen LogP contribution < -0.4 is 20.9 Å². The topological polar surface area (TPSA) is 100 Å². The standard InChI is InChI=1S/C13H17N5O2S/c1-18(2)11-6-3-5-10(9-11)17-21(19,20)13-12(16-14)7-4-8-15-13/h3-9,16-17H,14H2,1-2H3. The number of aromatic nitrogens is 1. The Bertz CT molecular complexity index is 731. The number of nitrogens with zero attached hydrogens (tertiary/aromatic N) is 2. The molecular formula is C13H17N5O2S. The quantitative estimate of drug-likeness (QED) is 0.567. The summed E-state index contributed by atoms with van der Waals surface area (Å²) < 4.78 is 27.3. The molecule has 0 saturated heterocycles. The van der Waals surface area contributed by atoms with Crippen molar-refractivity contribution in [2.45, 2.75) is 5.03 Å². The minimum Gasteiger partial charge on any atom is -0.378 e. The van der Waals surface area contributed by atoms with Gasteiger partial charge in [-0.3, -0.25) is 10.6 Å². The van der Waals surface area contributed by atoms with Gasteiger partial charge in [0, 0.05) is 26.0 Å². The summed E-state index contributed by atoms with van der Waals surface area (Å²) in [4.78, 5) is 5.75. The van der Waals surface area contributed by atoms with Crippen molar-refractivity contribution in [2.24, 2.45) is 5.84 Å². The zero-order valence-electron chi connectivity index (χ0n) is 11.7. The number of anilines is 3. The highest BCUT2D eigenvalue weighted by atomic mass is 32.2. The fraction of sp³-hybridized carbons (Fsp3) is 0.154. The van der Waals surface area contributed by atoms with E-state index in [9.17, 15) is 8.42 Å². The lowest BCUT2D eigenvalue weighted by Crippen LogP contribution is -2.19. The van der Waals surface area contributed by atoms with Gasteiger partial charge in [-0.05, 0) is 30.3 Å². The molecule has 2 rings (SSSR count). The van der Waals surface area contributed by atoms with Crippen molar-refractivity contribution in [1.29, 1.82) is 0 Å². The van der Waals surface area contributed by atoms with E-state index in [-0.39, 0.29) is 10.7 Å². The maximum atomic E-state index is 12.4. The van der Waals surface area contributed by atoms with Crippen molar-refractivity contribution in [3.8, 4) is 0 Å². The second kappa shape index (κ2) is 5.98. The summed E-state index contributed by atoms with van der Waals surface area (Å²) in [6.07, 6.45) is 1.39. The maximum Gasteiger partial charge on any atom is 0.281 e. The molecule has 0 aliphatic rings. The van der Waals surface area contributed by atoms with Gasteiger partial charge in [0.05, 0.1) is 11.4 Å². The van der Waals surface area contributed by atoms with Crippen LogP contribution in [-0.2, 0) is 10.0 Å². The van der Waals surface area contributed by atoms with Crippen molar-refractivity contribution >= 4 is 27.1 Å². The first-order chi connectivity index (χ1) is 9.94. The van der Waals surface area contributed by atoms with E-state index in [2.05, 4.69) is 15.1 Å². The number of rotatable bonds is 5. The molecule has 0 spiro atoms. The molecule has 1 aromatic heterocycles. The van der Waals surface area contributed by atoms with Gasteiger partial charge in [-0.1, -0.05) is 6.07 Å². The molecule has 0 amide bonds. The monoisotopic (exact) mass is 307 g/mol. The summed E-state index contributed by atoms with van der Waals surface area (Å²) in [5.74, 6) is 5.32. The van der Waals surface area contributed by atoms with E-state index in [1.54, 1.807) is 24.3 Å². The Labute approximate surface area is 123 Å². The molecule has 21 heavy (non-hydrogen) atoms. The molecule has 0 bridgehead atoms. The van der Waals surface area contributed by atoms with Crippen molar-refractivity contribution < 1.29 is 8.42 Å². The Hall–Kier alpha value is -2.32. The number of nitrogens with two attached hydrogens (primary N) is 1. The summed E-state index contributed by atoms with van der Waals surface area (Å²) in [5.41, 5.74) is 3.89. The van der Waals surface area contributed by atoms with Gasteiger partial charge in [0.25, 0.3) is 10.0 Å². The lowest BCUT2D eigenvalue weighted by Gasteiger charge is -2.15. The number of benzene rings is 1. The highest BCUT2D eigenvalue weighted by Gasteiger charge is 2.20. The lowest BCUT2D eigenvalue weighted by atomic mass is 10.3. The van der Waals surface area contributed by atoms with Crippen molar-refractivity contribution in [2.75, 3.05) is 29.1 Å². The van der Waals surface area contributed by atoms with Crippen LogP contribution in [0.25, 0.3) is 0 Å². The highest BCUT2D eigenvalue weighted by Crippen LogP contribution is 2.23. The molecule has 0 aliphatic carbocycles. The molecule has 1 aromatic carbocycles. The van der Waals surface area contributed by atoms with Crippen LogP contribution in [0.15, 0.2) is 47.6 Å². The van der Waals surface area contributed by atoms with Crippen LogP contribution in [0, 0.1) is 0 Å². The van der Waals surface area contributed by atoms with Gasteiger partial charge in [-0.25, -0.2) is 4.98 Å². The van der Waals surface area contributed by atoms with Gasteiger partial charge in [0.2, 0.25) is 5.03 Å². The number of hydrogen-bond donors (Lipinski definition) is 3. The SMILES string of the molecule is CN(C)c1cccc(NS(=O)(=O)c2ncccc2NN)c1. The fourth-order valence-corrected chi connectivity index (χ4v) is 2.92. The van der Waals surface area contributed by atoms with Crippen molar-refractivity contribution in [3.05, 3.63) is 42.6 Å². The molecule has 0 atom stereocenters. The van der Waals surface area contributed by atoms with Gasteiger partial charge in [-0.15, -0.1) is 0 Å². The van der Waals surface area contributed by atoms with Gasteiger partial charge in [-0.2, -0.15) is 8.42 Å². The van der Waals surface area contributed by atoms with Crippen LogP contribution in [0.5, 0.6) is 0 Å². The van der Waals surface area contributed by atoms with E-state index in [0.717, 1.165) is 5.69 Å². The normalized spacial score (nSPS) is 11.0. The van der Waals surface area contributed by atoms with Crippen LogP contribution in [0.4, 0.5) is 17.1 Å². The van der Waals surface area contributed by atoms with Crippen molar-refractivity contribution in [3.63, 3.8) is 0 Å². The Morgan fingerprint density at radius 1 is 1.19 bits per heavy atom.